The highest BCUT2D eigenvalue weighted by Gasteiger charge is 2.30. The molecular formula is C24H24N4O2. The number of fused-ring (bicyclic) bond motifs is 4. The first kappa shape index (κ1) is 17.9. The van der Waals surface area contributed by atoms with E-state index in [0.717, 1.165) is 53.3 Å². The molecule has 1 fully saturated rings. The van der Waals surface area contributed by atoms with Gasteiger partial charge in [0.2, 0.25) is 5.89 Å². The zero-order chi connectivity index (χ0) is 20.6. The normalized spacial score (nSPS) is 18.4. The molecule has 1 unspecified atom stereocenters. The van der Waals surface area contributed by atoms with Crippen LogP contribution >= 0.6 is 0 Å². The van der Waals surface area contributed by atoms with Crippen LogP contribution in [-0.4, -0.2) is 15.6 Å². The molecule has 2 aliphatic carbocycles. The molecule has 6 heteroatoms. The van der Waals surface area contributed by atoms with Crippen LogP contribution in [0.1, 0.15) is 41.5 Å². The molecule has 4 aromatic rings. The maximum absolute atomic E-state index is 13.3. The van der Waals surface area contributed by atoms with Gasteiger partial charge in [-0.05, 0) is 66.5 Å². The van der Waals surface area contributed by atoms with Gasteiger partial charge in [0, 0.05) is 17.5 Å². The second-order valence-corrected chi connectivity index (χ2v) is 8.68. The van der Waals surface area contributed by atoms with E-state index >= 15 is 0 Å². The zero-order valence-corrected chi connectivity index (χ0v) is 16.9. The van der Waals surface area contributed by atoms with Gasteiger partial charge in [0.15, 0.2) is 11.1 Å². The van der Waals surface area contributed by atoms with Crippen molar-refractivity contribution >= 4 is 22.0 Å². The maximum atomic E-state index is 13.3. The van der Waals surface area contributed by atoms with Crippen LogP contribution in [0.15, 0.2) is 39.5 Å². The number of aromatic nitrogens is 2. The van der Waals surface area contributed by atoms with E-state index in [1.807, 2.05) is 4.57 Å². The topological polar surface area (TPSA) is 100 Å². The van der Waals surface area contributed by atoms with Crippen molar-refractivity contribution in [3.05, 3.63) is 63.3 Å². The van der Waals surface area contributed by atoms with Gasteiger partial charge in [-0.3, -0.25) is 4.79 Å². The first-order valence-corrected chi connectivity index (χ1v) is 10.6. The monoisotopic (exact) mass is 400 g/mol. The highest BCUT2D eigenvalue weighted by Crippen LogP contribution is 2.40. The van der Waals surface area contributed by atoms with Gasteiger partial charge in [-0.15, -0.1) is 0 Å². The van der Waals surface area contributed by atoms with Crippen LogP contribution in [0.5, 0.6) is 0 Å². The average molecular weight is 400 g/mol. The Hall–Kier alpha value is -2.96. The molecule has 1 saturated carbocycles. The first-order chi connectivity index (χ1) is 14.5. The number of rotatable bonds is 3. The van der Waals surface area contributed by atoms with Gasteiger partial charge in [-0.1, -0.05) is 24.3 Å². The molecule has 152 valence electrons. The summed E-state index contributed by atoms with van der Waals surface area (Å²) < 4.78 is 7.81. The molecule has 2 aliphatic rings. The molecule has 0 bridgehead atoms. The van der Waals surface area contributed by atoms with Crippen LogP contribution in [0.2, 0.25) is 0 Å². The van der Waals surface area contributed by atoms with E-state index in [0.29, 0.717) is 17.0 Å². The summed E-state index contributed by atoms with van der Waals surface area (Å²) in [6, 6.07) is 11.3. The van der Waals surface area contributed by atoms with Crippen LogP contribution in [0.4, 0.5) is 0 Å². The molecule has 6 nitrogen and oxygen atoms in total. The van der Waals surface area contributed by atoms with Crippen LogP contribution in [0, 0.1) is 6.92 Å². The molecule has 1 atom stereocenters. The van der Waals surface area contributed by atoms with Crippen LogP contribution < -0.4 is 17.0 Å². The predicted molar refractivity (Wildman–Crippen MR) is 117 cm³/mol. The minimum Gasteiger partial charge on any atom is -0.438 e. The number of oxazole rings is 1. The SMILES string of the molecule is Cc1c(-c2ccc3c(c2)CC(N)C3)ccc2c3oc(CN)nc3c(=O)n(C3CC3)c12. The number of pyridine rings is 1. The van der Waals surface area contributed by atoms with Gasteiger partial charge in [0.05, 0.1) is 12.1 Å². The number of benzene rings is 2. The summed E-state index contributed by atoms with van der Waals surface area (Å²) in [5.74, 6) is 0.397. The Morgan fingerprint density at radius 1 is 1.17 bits per heavy atom. The van der Waals surface area contributed by atoms with Crippen molar-refractivity contribution in [2.24, 2.45) is 11.5 Å². The molecule has 2 aromatic carbocycles. The summed E-state index contributed by atoms with van der Waals surface area (Å²) in [6.45, 7) is 2.27. The highest BCUT2D eigenvalue weighted by molar-refractivity contribution is 6.04. The molecule has 30 heavy (non-hydrogen) atoms. The van der Waals surface area contributed by atoms with Crippen molar-refractivity contribution in [1.82, 2.24) is 9.55 Å². The summed E-state index contributed by atoms with van der Waals surface area (Å²) in [5, 5.41) is 0.924. The van der Waals surface area contributed by atoms with Crippen molar-refractivity contribution in [2.75, 3.05) is 0 Å². The largest absolute Gasteiger partial charge is 0.438 e. The Morgan fingerprint density at radius 3 is 2.73 bits per heavy atom. The van der Waals surface area contributed by atoms with Gasteiger partial charge in [0.25, 0.3) is 5.56 Å². The zero-order valence-electron chi connectivity index (χ0n) is 16.9. The van der Waals surface area contributed by atoms with Crippen LogP contribution in [0.3, 0.4) is 0 Å². The van der Waals surface area contributed by atoms with Gasteiger partial charge in [-0.25, -0.2) is 4.98 Å². The molecular weight excluding hydrogens is 376 g/mol. The number of nitrogens with zero attached hydrogens (tertiary/aromatic N) is 2. The summed E-state index contributed by atoms with van der Waals surface area (Å²) >= 11 is 0. The standard InChI is InChI=1S/C24H24N4O2/c1-12-18(14-3-2-13-9-16(26)10-15(13)8-14)6-7-19-22(12)28(17-4-5-17)24(29)21-23(19)30-20(11-25)27-21/h2-3,6-8,16-17H,4-5,9-11,25-26H2,1H3. The van der Waals surface area contributed by atoms with Gasteiger partial charge >= 0.3 is 0 Å². The van der Waals surface area contributed by atoms with Gasteiger partial charge in [-0.2, -0.15) is 0 Å². The third-order valence-electron chi connectivity index (χ3n) is 6.58. The molecule has 2 heterocycles. The quantitative estimate of drug-likeness (QED) is 0.549. The number of aryl methyl sites for hydroxylation is 1. The molecule has 0 spiro atoms. The van der Waals surface area contributed by atoms with E-state index in [2.05, 4.69) is 42.2 Å². The lowest BCUT2D eigenvalue weighted by Crippen LogP contribution is -2.20. The second kappa shape index (κ2) is 6.27. The number of nitrogens with two attached hydrogens (primary N) is 2. The molecule has 4 N–H and O–H groups in total. The molecule has 0 radical (unpaired) electrons. The maximum Gasteiger partial charge on any atom is 0.281 e. The smallest absolute Gasteiger partial charge is 0.281 e. The van der Waals surface area contributed by atoms with Crippen molar-refractivity contribution in [2.45, 2.75) is 51.2 Å². The summed E-state index contributed by atoms with van der Waals surface area (Å²) in [5.41, 5.74) is 19.7. The van der Waals surface area contributed by atoms with E-state index in [9.17, 15) is 4.79 Å². The Bertz CT molecular complexity index is 1390. The summed E-state index contributed by atoms with van der Waals surface area (Å²) in [7, 11) is 0. The fraction of sp³-hybridized carbons (Fsp3) is 0.333. The molecule has 0 aliphatic heterocycles. The Kier molecular flexibility index (Phi) is 3.73. The molecule has 0 saturated heterocycles. The van der Waals surface area contributed by atoms with Crippen molar-refractivity contribution in [1.29, 1.82) is 0 Å². The van der Waals surface area contributed by atoms with E-state index in [-0.39, 0.29) is 24.2 Å². The third-order valence-corrected chi connectivity index (χ3v) is 6.58. The number of hydrogen-bond donors (Lipinski definition) is 2. The van der Waals surface area contributed by atoms with Crippen molar-refractivity contribution < 1.29 is 4.42 Å². The van der Waals surface area contributed by atoms with E-state index in [1.165, 1.54) is 11.1 Å². The molecule has 6 rings (SSSR count). The predicted octanol–water partition coefficient (Wildman–Crippen LogP) is 3.34. The van der Waals surface area contributed by atoms with Crippen molar-refractivity contribution in [3.63, 3.8) is 0 Å². The average Bonchev–Trinajstić information content (AvgIpc) is 3.34. The van der Waals surface area contributed by atoms with E-state index in [4.69, 9.17) is 15.9 Å². The summed E-state index contributed by atoms with van der Waals surface area (Å²) in [6.07, 6.45) is 3.90. The van der Waals surface area contributed by atoms with Gasteiger partial charge in [0.1, 0.15) is 0 Å². The lowest BCUT2D eigenvalue weighted by atomic mass is 9.95. The molecule has 2 aromatic heterocycles. The van der Waals surface area contributed by atoms with Crippen LogP contribution in [-0.2, 0) is 19.4 Å². The minimum atomic E-state index is -0.0800. The van der Waals surface area contributed by atoms with Gasteiger partial charge < -0.3 is 20.5 Å². The third kappa shape index (κ3) is 2.50. The van der Waals surface area contributed by atoms with Crippen LogP contribution in [0.25, 0.3) is 33.1 Å². The number of hydrogen-bond acceptors (Lipinski definition) is 5. The Morgan fingerprint density at radius 2 is 1.97 bits per heavy atom. The Balaban J connectivity index is 1.64. The fourth-order valence-electron chi connectivity index (χ4n) is 5.00. The highest BCUT2D eigenvalue weighted by atomic mass is 16.3. The van der Waals surface area contributed by atoms with E-state index in [1.54, 1.807) is 0 Å². The first-order valence-electron chi connectivity index (χ1n) is 10.6. The fourth-order valence-corrected chi connectivity index (χ4v) is 5.00. The summed E-state index contributed by atoms with van der Waals surface area (Å²) in [4.78, 5) is 17.7. The second-order valence-electron chi connectivity index (χ2n) is 8.68. The van der Waals surface area contributed by atoms with E-state index < -0.39 is 0 Å². The Labute approximate surface area is 173 Å². The minimum absolute atomic E-state index is 0.0800. The molecule has 0 amide bonds. The lowest BCUT2D eigenvalue weighted by Gasteiger charge is -2.16. The van der Waals surface area contributed by atoms with Crippen molar-refractivity contribution in [3.8, 4) is 11.1 Å². The lowest BCUT2D eigenvalue weighted by molar-refractivity contribution is 0.535.